The third-order valence-corrected chi connectivity index (χ3v) is 4.41. The van der Waals surface area contributed by atoms with E-state index in [2.05, 4.69) is 11.2 Å². The van der Waals surface area contributed by atoms with E-state index < -0.39 is 0 Å². The molecule has 3 heteroatoms. The summed E-state index contributed by atoms with van der Waals surface area (Å²) in [5.74, 6) is 2.68. The average Bonchev–Trinajstić information content (AvgIpc) is 2.70. The number of nitrogens with zero attached hydrogens (tertiary/aromatic N) is 1. The number of rotatable bonds is 4. The second kappa shape index (κ2) is 4.86. The van der Waals surface area contributed by atoms with Crippen LogP contribution in [0.4, 0.5) is 0 Å². The van der Waals surface area contributed by atoms with Crippen LogP contribution in [0.5, 0.6) is 0 Å². The van der Waals surface area contributed by atoms with E-state index in [-0.39, 0.29) is 6.10 Å². The molecule has 2 fully saturated rings. The van der Waals surface area contributed by atoms with Gasteiger partial charge in [-0.2, -0.15) is 11.8 Å². The molecule has 14 heavy (non-hydrogen) atoms. The number of thioether (sulfide) groups is 1. The topological polar surface area (TPSA) is 23.5 Å². The van der Waals surface area contributed by atoms with E-state index >= 15 is 0 Å². The van der Waals surface area contributed by atoms with Gasteiger partial charge in [-0.05, 0) is 43.7 Å². The summed E-state index contributed by atoms with van der Waals surface area (Å²) in [5.41, 5.74) is 0. The fourth-order valence-electron chi connectivity index (χ4n) is 2.94. The first kappa shape index (κ1) is 10.8. The Morgan fingerprint density at radius 1 is 1.36 bits per heavy atom. The molecular weight excluding hydrogens is 194 g/mol. The second-order valence-corrected chi connectivity index (χ2v) is 5.66. The average molecular weight is 215 g/mol. The summed E-state index contributed by atoms with van der Waals surface area (Å²) < 4.78 is 0. The molecule has 82 valence electrons. The molecule has 2 rings (SSSR count). The molecule has 0 aromatic heterocycles. The van der Waals surface area contributed by atoms with Crippen LogP contribution in [0.25, 0.3) is 0 Å². The van der Waals surface area contributed by atoms with Crippen LogP contribution in [0.3, 0.4) is 0 Å². The lowest BCUT2D eigenvalue weighted by Gasteiger charge is -2.17. The van der Waals surface area contributed by atoms with Gasteiger partial charge in [-0.3, -0.25) is 0 Å². The molecule has 0 amide bonds. The molecule has 1 aliphatic heterocycles. The summed E-state index contributed by atoms with van der Waals surface area (Å²) >= 11 is 1.93. The van der Waals surface area contributed by atoms with Crippen molar-refractivity contribution in [3.8, 4) is 0 Å². The number of fused-ring (bicyclic) bond motifs is 1. The van der Waals surface area contributed by atoms with Crippen molar-refractivity contribution in [1.29, 1.82) is 0 Å². The predicted molar refractivity (Wildman–Crippen MR) is 61.7 cm³/mol. The van der Waals surface area contributed by atoms with E-state index in [0.29, 0.717) is 5.92 Å². The third kappa shape index (κ3) is 2.26. The monoisotopic (exact) mass is 215 g/mol. The quantitative estimate of drug-likeness (QED) is 0.718. The zero-order valence-corrected chi connectivity index (χ0v) is 9.80. The van der Waals surface area contributed by atoms with Crippen molar-refractivity contribution in [2.24, 2.45) is 11.8 Å². The zero-order valence-electron chi connectivity index (χ0n) is 8.98. The van der Waals surface area contributed by atoms with Crippen LogP contribution in [0, 0.1) is 11.8 Å². The van der Waals surface area contributed by atoms with Gasteiger partial charge in [-0.25, -0.2) is 0 Å². The largest absolute Gasteiger partial charge is 0.393 e. The molecule has 2 aliphatic rings. The first-order valence-electron chi connectivity index (χ1n) is 5.70. The Morgan fingerprint density at radius 2 is 2.21 bits per heavy atom. The highest BCUT2D eigenvalue weighted by Crippen LogP contribution is 2.37. The van der Waals surface area contributed by atoms with Crippen molar-refractivity contribution in [3.05, 3.63) is 0 Å². The van der Waals surface area contributed by atoms with Crippen molar-refractivity contribution < 1.29 is 5.11 Å². The minimum absolute atomic E-state index is 0.00514. The first-order valence-corrected chi connectivity index (χ1v) is 7.10. The Labute approximate surface area is 91.1 Å². The van der Waals surface area contributed by atoms with Gasteiger partial charge in [-0.1, -0.05) is 0 Å². The normalized spacial score (nSPS) is 37.7. The standard InChI is InChI=1S/C11H21NOS/c1-14-6-2-5-12-7-9-3-4-11(13)10(9)8-12/h9-11,13H,2-8H2,1H3. The summed E-state index contributed by atoms with van der Waals surface area (Å²) in [5, 5.41) is 9.76. The van der Waals surface area contributed by atoms with Crippen LogP contribution in [0.1, 0.15) is 19.3 Å². The lowest BCUT2D eigenvalue weighted by molar-refractivity contribution is 0.124. The van der Waals surface area contributed by atoms with Crippen LogP contribution in [0.2, 0.25) is 0 Å². The van der Waals surface area contributed by atoms with Crippen molar-refractivity contribution in [2.45, 2.75) is 25.4 Å². The van der Waals surface area contributed by atoms with Gasteiger partial charge in [0.2, 0.25) is 0 Å². The molecular formula is C11H21NOS. The summed E-state index contributed by atoms with van der Waals surface area (Å²) in [6.45, 7) is 3.64. The van der Waals surface area contributed by atoms with Crippen molar-refractivity contribution in [2.75, 3.05) is 31.6 Å². The maximum absolute atomic E-state index is 9.76. The smallest absolute Gasteiger partial charge is 0.0583 e. The predicted octanol–water partition coefficient (Wildman–Crippen LogP) is 1.44. The van der Waals surface area contributed by atoms with Crippen molar-refractivity contribution >= 4 is 11.8 Å². The summed E-state index contributed by atoms with van der Waals surface area (Å²) in [4.78, 5) is 2.55. The maximum Gasteiger partial charge on any atom is 0.0583 e. The van der Waals surface area contributed by atoms with E-state index in [1.54, 1.807) is 0 Å². The summed E-state index contributed by atoms with van der Waals surface area (Å²) in [6.07, 6.45) is 5.78. The van der Waals surface area contributed by atoms with Gasteiger partial charge in [0, 0.05) is 19.0 Å². The molecule has 1 N–H and O–H groups in total. The van der Waals surface area contributed by atoms with Crippen LogP contribution in [-0.4, -0.2) is 47.8 Å². The van der Waals surface area contributed by atoms with Gasteiger partial charge in [0.05, 0.1) is 6.10 Å². The van der Waals surface area contributed by atoms with Crippen molar-refractivity contribution in [1.82, 2.24) is 4.90 Å². The fraction of sp³-hybridized carbons (Fsp3) is 1.00. The van der Waals surface area contributed by atoms with Gasteiger partial charge in [0.25, 0.3) is 0 Å². The molecule has 0 aromatic rings. The van der Waals surface area contributed by atoms with Gasteiger partial charge in [0.1, 0.15) is 0 Å². The van der Waals surface area contributed by atoms with Gasteiger partial charge in [-0.15, -0.1) is 0 Å². The van der Waals surface area contributed by atoms with Gasteiger partial charge in [0.15, 0.2) is 0 Å². The lowest BCUT2D eigenvalue weighted by atomic mass is 10.00. The molecule has 2 nitrogen and oxygen atoms in total. The summed E-state index contributed by atoms with van der Waals surface area (Å²) in [7, 11) is 0. The zero-order chi connectivity index (χ0) is 9.97. The van der Waals surface area contributed by atoms with Crippen LogP contribution in [-0.2, 0) is 0 Å². The Balaban J connectivity index is 1.72. The van der Waals surface area contributed by atoms with Gasteiger partial charge < -0.3 is 10.0 Å². The van der Waals surface area contributed by atoms with Crippen LogP contribution >= 0.6 is 11.8 Å². The Kier molecular flexibility index (Phi) is 3.74. The number of hydrogen-bond acceptors (Lipinski definition) is 3. The molecule has 1 saturated heterocycles. The Bertz CT molecular complexity index is 188. The number of hydrogen-bond donors (Lipinski definition) is 1. The number of likely N-dealkylation sites (tertiary alicyclic amines) is 1. The van der Waals surface area contributed by atoms with E-state index in [1.165, 1.54) is 31.7 Å². The minimum Gasteiger partial charge on any atom is -0.393 e. The highest BCUT2D eigenvalue weighted by Gasteiger charge is 2.41. The van der Waals surface area contributed by atoms with Crippen molar-refractivity contribution in [3.63, 3.8) is 0 Å². The molecule has 1 saturated carbocycles. The molecule has 0 aromatic carbocycles. The van der Waals surface area contributed by atoms with Gasteiger partial charge >= 0.3 is 0 Å². The molecule has 3 atom stereocenters. The highest BCUT2D eigenvalue weighted by molar-refractivity contribution is 7.98. The fourth-order valence-corrected chi connectivity index (χ4v) is 3.36. The minimum atomic E-state index is 0.00514. The molecule has 3 unspecified atom stereocenters. The second-order valence-electron chi connectivity index (χ2n) is 4.67. The number of aliphatic hydroxyl groups is 1. The molecule has 0 bridgehead atoms. The van der Waals surface area contributed by atoms with Crippen LogP contribution < -0.4 is 0 Å². The number of aliphatic hydroxyl groups excluding tert-OH is 1. The molecule has 0 radical (unpaired) electrons. The first-order chi connectivity index (χ1) is 6.81. The summed E-state index contributed by atoms with van der Waals surface area (Å²) in [6, 6.07) is 0. The van der Waals surface area contributed by atoms with E-state index in [9.17, 15) is 5.11 Å². The van der Waals surface area contributed by atoms with Crippen LogP contribution in [0.15, 0.2) is 0 Å². The lowest BCUT2D eigenvalue weighted by Crippen LogP contribution is -2.26. The molecule has 1 heterocycles. The van der Waals surface area contributed by atoms with E-state index in [0.717, 1.165) is 18.9 Å². The molecule has 1 aliphatic carbocycles. The Hall–Kier alpha value is 0.270. The third-order valence-electron chi connectivity index (χ3n) is 3.72. The maximum atomic E-state index is 9.76. The Morgan fingerprint density at radius 3 is 2.93 bits per heavy atom. The van der Waals surface area contributed by atoms with E-state index in [1.807, 2.05) is 11.8 Å². The molecule has 0 spiro atoms. The SMILES string of the molecule is CSCCCN1CC2CCC(O)C2C1. The highest BCUT2D eigenvalue weighted by atomic mass is 32.2. The van der Waals surface area contributed by atoms with E-state index in [4.69, 9.17) is 0 Å².